The molecule has 18 saturated carbocycles. The standard InChI is InChI=1S/4C10H18.C9H16.4C8H14.9C4H10/c4*1-2-6-10-8-4-3-7-9(10)5-1;1-2-5-9-7-3-6-8(9)4-1;1-3-7-5-2-6-8(7)4-1;3*1-2-4-8-6-5-7(8)3-1;9*1-4(2)3/h4*9-10H,1-8H2;8-9H,1-7H2;4*7-8H,1-6H2;9*4H,1-3H3. The molecular weight excluding hydrogens is 1410 g/mol. The lowest BCUT2D eigenvalue weighted by atomic mass is 9.66. The number of hydrogen-bond donors (Lipinski definition) is 0. The SMILES string of the molecule is C1CC2CCCC2C1.C1CCC2CCC2C1.C1CCC2CCC2C1.C1CCC2CCC2C1.C1CCC2CCCC2C1.C1CCC2CCCCC2C1.C1CCC2CCCCC2C1.C1CCC2CCCCC2C1.C1CCC2CCCCC2C1.CC(C)C.CC(C)C.CC(C)C.CC(C)C.CC(C)C.CC(C)C.CC(C)C.CC(C)C.CC(C)C. The van der Waals surface area contributed by atoms with E-state index in [0.29, 0.717) is 0 Å². The van der Waals surface area contributed by atoms with E-state index in [9.17, 15) is 0 Å². The molecule has 0 aromatic carbocycles. The van der Waals surface area contributed by atoms with Crippen molar-refractivity contribution in [2.24, 2.45) is 160 Å². The summed E-state index contributed by atoms with van der Waals surface area (Å²) in [6, 6.07) is 0. The van der Waals surface area contributed by atoms with Crippen LogP contribution in [0, 0.1) is 160 Å². The highest BCUT2D eigenvalue weighted by Gasteiger charge is 2.36. The highest BCUT2D eigenvalue weighted by atomic mass is 14.4. The molecule has 0 heterocycles. The number of hydrogen-bond acceptors (Lipinski definition) is 0. The molecular formula is C117H234. The number of fused-ring (bicyclic) bond motifs is 9. The first kappa shape index (κ1) is 115. The van der Waals surface area contributed by atoms with E-state index in [0.717, 1.165) is 101 Å². The predicted octanol–water partition coefficient (Wildman–Crippen LogP) is 41.8. The molecule has 18 aliphatic carbocycles. The van der Waals surface area contributed by atoms with Gasteiger partial charge in [-0.15, -0.1) is 0 Å². The van der Waals surface area contributed by atoms with Crippen LogP contribution in [0.1, 0.15) is 591 Å². The second kappa shape index (κ2) is 74.0. The van der Waals surface area contributed by atoms with Gasteiger partial charge in [0.05, 0.1) is 0 Å². The van der Waals surface area contributed by atoms with Gasteiger partial charge < -0.3 is 0 Å². The predicted molar refractivity (Wildman–Crippen MR) is 538 cm³/mol. The maximum atomic E-state index is 2.17. The van der Waals surface area contributed by atoms with Crippen LogP contribution in [0.3, 0.4) is 0 Å². The molecule has 0 N–H and O–H groups in total. The van der Waals surface area contributed by atoms with E-state index < -0.39 is 0 Å². The molecule has 0 spiro atoms. The maximum absolute atomic E-state index is 2.17. The quantitative estimate of drug-likeness (QED) is 0.227. The van der Waals surface area contributed by atoms with E-state index in [1.165, 1.54) is 233 Å². The van der Waals surface area contributed by atoms with Crippen molar-refractivity contribution in [2.45, 2.75) is 591 Å². The summed E-state index contributed by atoms with van der Waals surface area (Å²) in [4.78, 5) is 0. The molecule has 18 fully saturated rings. The lowest BCUT2D eigenvalue weighted by Gasteiger charge is -2.40. The Balaban J connectivity index is 0.000000628. The van der Waals surface area contributed by atoms with E-state index in [4.69, 9.17) is 0 Å². The average molecular weight is 1640 g/mol. The van der Waals surface area contributed by atoms with Crippen LogP contribution in [0.5, 0.6) is 0 Å². The fourth-order valence-corrected chi connectivity index (χ4v) is 23.3. The second-order valence-corrected chi connectivity index (χ2v) is 49.2. The molecule has 8 unspecified atom stereocenters. The normalized spacial score (nSPS) is 32.3. The minimum absolute atomic E-state index is 0.833. The summed E-state index contributed by atoms with van der Waals surface area (Å²) in [5, 5.41) is 0. The van der Waals surface area contributed by atoms with Gasteiger partial charge in [0.1, 0.15) is 0 Å². The molecule has 117 heavy (non-hydrogen) atoms. The third kappa shape index (κ3) is 64.4. The summed E-state index contributed by atoms with van der Waals surface area (Å²) >= 11 is 0. The van der Waals surface area contributed by atoms with E-state index in [1.807, 2.05) is 0 Å². The highest BCUT2D eigenvalue weighted by molar-refractivity contribution is 4.88. The van der Waals surface area contributed by atoms with E-state index in [2.05, 4.69) is 187 Å². The van der Waals surface area contributed by atoms with Crippen LogP contribution < -0.4 is 0 Å². The van der Waals surface area contributed by atoms with Crippen molar-refractivity contribution in [1.29, 1.82) is 0 Å². The molecule has 0 aromatic heterocycles. The first-order chi connectivity index (χ1) is 55.8. The van der Waals surface area contributed by atoms with Crippen molar-refractivity contribution in [3.8, 4) is 0 Å². The molecule has 0 saturated heterocycles. The van der Waals surface area contributed by atoms with Crippen LogP contribution >= 0.6 is 0 Å². The number of rotatable bonds is 0. The smallest absolute Gasteiger partial charge is 0.0386 e. The van der Waals surface area contributed by atoms with Crippen molar-refractivity contribution in [3.63, 3.8) is 0 Å². The Morgan fingerprint density at radius 3 is 0.162 bits per heavy atom. The summed E-state index contributed by atoms with van der Waals surface area (Å²) in [5.74, 6) is 28.5. The van der Waals surface area contributed by atoms with E-state index in [1.54, 1.807) is 231 Å². The zero-order valence-corrected chi connectivity index (χ0v) is 87.1. The van der Waals surface area contributed by atoms with Gasteiger partial charge in [-0.25, -0.2) is 0 Å². The Labute approximate surface area is 746 Å². The minimum atomic E-state index is 0.833. The van der Waals surface area contributed by atoms with Crippen molar-refractivity contribution < 1.29 is 0 Å². The third-order valence-corrected chi connectivity index (χ3v) is 29.0. The van der Waals surface area contributed by atoms with Gasteiger partial charge >= 0.3 is 0 Å². The Morgan fingerprint density at radius 1 is 0.0769 bits per heavy atom. The van der Waals surface area contributed by atoms with E-state index in [-0.39, 0.29) is 0 Å². The van der Waals surface area contributed by atoms with Crippen LogP contribution in [0.25, 0.3) is 0 Å². The molecule has 0 heteroatoms. The van der Waals surface area contributed by atoms with Crippen LogP contribution in [0.4, 0.5) is 0 Å². The molecule has 0 aromatic rings. The minimum Gasteiger partial charge on any atom is -0.0630 e. The lowest BCUT2D eigenvalue weighted by Crippen LogP contribution is -2.28. The zero-order valence-electron chi connectivity index (χ0n) is 87.1. The van der Waals surface area contributed by atoms with Gasteiger partial charge in [0.25, 0.3) is 0 Å². The molecule has 0 bridgehead atoms. The Hall–Kier alpha value is 0. The van der Waals surface area contributed by atoms with Crippen molar-refractivity contribution in [3.05, 3.63) is 0 Å². The molecule has 0 amide bonds. The van der Waals surface area contributed by atoms with Crippen molar-refractivity contribution in [2.75, 3.05) is 0 Å². The summed E-state index contributed by atoms with van der Waals surface area (Å²) in [5.41, 5.74) is 0. The summed E-state index contributed by atoms with van der Waals surface area (Å²) < 4.78 is 0. The fraction of sp³-hybridized carbons (Fsp3) is 1.00. The van der Waals surface area contributed by atoms with Gasteiger partial charge in [-0.3, -0.25) is 0 Å². The molecule has 0 nitrogen and oxygen atoms in total. The van der Waals surface area contributed by atoms with Crippen LogP contribution in [-0.2, 0) is 0 Å². The maximum Gasteiger partial charge on any atom is -0.0386 e. The second-order valence-electron chi connectivity index (χ2n) is 49.2. The van der Waals surface area contributed by atoms with Crippen LogP contribution in [0.15, 0.2) is 0 Å². The fourth-order valence-electron chi connectivity index (χ4n) is 23.3. The summed E-state index contributed by atoms with van der Waals surface area (Å²) in [6.07, 6.45) is 97.5. The first-order valence-corrected chi connectivity index (χ1v) is 55.8. The molecule has 18 aliphatic rings. The molecule has 702 valence electrons. The van der Waals surface area contributed by atoms with Gasteiger partial charge in [0, 0.05) is 0 Å². The molecule has 0 radical (unpaired) electrons. The molecule has 18 rings (SSSR count). The topological polar surface area (TPSA) is 0 Å². The molecule has 8 atom stereocenters. The third-order valence-electron chi connectivity index (χ3n) is 29.0. The Morgan fingerprint density at radius 2 is 0.120 bits per heavy atom. The van der Waals surface area contributed by atoms with E-state index >= 15 is 0 Å². The van der Waals surface area contributed by atoms with Gasteiger partial charge in [0.15, 0.2) is 0 Å². The Bertz CT molecular complexity index is 1600. The van der Waals surface area contributed by atoms with Gasteiger partial charge in [-0.2, -0.15) is 0 Å². The monoisotopic (exact) mass is 1640 g/mol. The van der Waals surface area contributed by atoms with Crippen molar-refractivity contribution in [1.82, 2.24) is 0 Å². The summed E-state index contributed by atoms with van der Waals surface area (Å²) in [7, 11) is 0. The lowest BCUT2D eigenvalue weighted by molar-refractivity contribution is 0.115. The highest BCUT2D eigenvalue weighted by Crippen LogP contribution is 2.49. The first-order valence-electron chi connectivity index (χ1n) is 55.8. The zero-order chi connectivity index (χ0) is 87.1. The Kier molecular flexibility index (Phi) is 72.7. The summed E-state index contributed by atoms with van der Waals surface area (Å²) in [6.45, 7) is 58.5. The van der Waals surface area contributed by atoms with Crippen LogP contribution in [0.2, 0.25) is 0 Å². The van der Waals surface area contributed by atoms with Gasteiger partial charge in [0.2, 0.25) is 0 Å². The molecule has 0 aliphatic heterocycles. The van der Waals surface area contributed by atoms with Gasteiger partial charge in [-0.1, -0.05) is 553 Å². The largest absolute Gasteiger partial charge is 0.0630 e. The van der Waals surface area contributed by atoms with Crippen molar-refractivity contribution >= 4 is 0 Å². The van der Waals surface area contributed by atoms with Gasteiger partial charge in [-0.05, 0) is 198 Å². The van der Waals surface area contributed by atoms with Crippen LogP contribution in [-0.4, -0.2) is 0 Å². The average Bonchev–Trinajstić information content (AvgIpc) is 1.36.